The van der Waals surface area contributed by atoms with Gasteiger partial charge in [-0.3, -0.25) is 9.59 Å². The van der Waals surface area contributed by atoms with E-state index in [0.29, 0.717) is 0 Å². The minimum Gasteiger partial charge on any atom is -0.352 e. The molecule has 1 atom stereocenters. The Hall–Kier alpha value is -1.59. The van der Waals surface area contributed by atoms with Gasteiger partial charge in [-0.1, -0.05) is 30.3 Å². The average Bonchev–Trinajstić information content (AvgIpc) is 2.35. The zero-order valence-electron chi connectivity index (χ0n) is 11.1. The average molecular weight is 286 g/mol. The molecule has 0 aliphatic rings. The molecule has 0 aromatic heterocycles. The first-order valence-electron chi connectivity index (χ1n) is 5.88. The number of hydrogen-bond donors (Lipinski definition) is 3. The summed E-state index contributed by atoms with van der Waals surface area (Å²) in [6.45, 7) is 3.66. The number of carbonyl (C=O) groups excluding carboxylic acids is 2. The Labute approximate surface area is 119 Å². The quantitative estimate of drug-likeness (QED) is 0.746. The maximum absolute atomic E-state index is 11.7. The minimum atomic E-state index is -0.752. The smallest absolute Gasteiger partial charge is 0.241 e. The van der Waals surface area contributed by atoms with Crippen LogP contribution in [-0.4, -0.2) is 24.4 Å². The van der Waals surface area contributed by atoms with E-state index in [9.17, 15) is 9.59 Å². The van der Waals surface area contributed by atoms with Crippen molar-refractivity contribution in [2.75, 3.05) is 6.54 Å². The van der Waals surface area contributed by atoms with Crippen LogP contribution in [0.25, 0.3) is 0 Å². The molecule has 0 aliphatic heterocycles. The topological polar surface area (TPSA) is 84.2 Å². The Morgan fingerprint density at radius 1 is 1.21 bits per heavy atom. The monoisotopic (exact) mass is 285 g/mol. The summed E-state index contributed by atoms with van der Waals surface area (Å²) in [6, 6.07) is 8.33. The van der Waals surface area contributed by atoms with E-state index in [1.165, 1.54) is 0 Å². The SMILES string of the molecule is CC(C)NC(=O)CNC(=O)C(N)c1ccccc1.Cl. The second-order valence-electron chi connectivity index (χ2n) is 4.33. The Balaban J connectivity index is 0.00000324. The van der Waals surface area contributed by atoms with Crippen molar-refractivity contribution in [1.29, 1.82) is 0 Å². The predicted octanol–water partition coefficient (Wildman–Crippen LogP) is 0.749. The van der Waals surface area contributed by atoms with Crippen LogP contribution >= 0.6 is 12.4 Å². The largest absolute Gasteiger partial charge is 0.352 e. The second-order valence-corrected chi connectivity index (χ2v) is 4.33. The van der Waals surface area contributed by atoms with Crippen molar-refractivity contribution in [3.63, 3.8) is 0 Å². The number of nitrogens with one attached hydrogen (secondary N) is 2. The van der Waals surface area contributed by atoms with Gasteiger partial charge < -0.3 is 16.4 Å². The molecule has 1 aromatic rings. The number of benzene rings is 1. The van der Waals surface area contributed by atoms with Crippen LogP contribution in [-0.2, 0) is 9.59 Å². The lowest BCUT2D eigenvalue weighted by atomic mass is 10.1. The van der Waals surface area contributed by atoms with Crippen LogP contribution in [0.3, 0.4) is 0 Å². The molecule has 4 N–H and O–H groups in total. The Morgan fingerprint density at radius 3 is 2.32 bits per heavy atom. The van der Waals surface area contributed by atoms with Gasteiger partial charge >= 0.3 is 0 Å². The van der Waals surface area contributed by atoms with E-state index >= 15 is 0 Å². The van der Waals surface area contributed by atoms with Crippen molar-refractivity contribution < 1.29 is 9.59 Å². The number of hydrogen-bond acceptors (Lipinski definition) is 3. The number of halogens is 1. The maximum atomic E-state index is 11.7. The van der Waals surface area contributed by atoms with Crippen LogP contribution in [0, 0.1) is 0 Å². The standard InChI is InChI=1S/C13H19N3O2.ClH/c1-9(2)16-11(17)8-15-13(18)12(14)10-6-4-3-5-7-10;/h3-7,9,12H,8,14H2,1-2H3,(H,15,18)(H,16,17);1H. The fourth-order valence-electron chi connectivity index (χ4n) is 1.46. The lowest BCUT2D eigenvalue weighted by Gasteiger charge is -2.13. The molecule has 6 heteroatoms. The molecular weight excluding hydrogens is 266 g/mol. The number of nitrogens with two attached hydrogens (primary N) is 1. The highest BCUT2D eigenvalue weighted by Crippen LogP contribution is 2.08. The normalized spacial score (nSPS) is 11.4. The van der Waals surface area contributed by atoms with E-state index in [1.807, 2.05) is 32.0 Å². The summed E-state index contributed by atoms with van der Waals surface area (Å²) >= 11 is 0. The van der Waals surface area contributed by atoms with Gasteiger partial charge in [-0.15, -0.1) is 12.4 Å². The zero-order valence-corrected chi connectivity index (χ0v) is 11.9. The molecule has 1 rings (SSSR count). The summed E-state index contributed by atoms with van der Waals surface area (Å²) in [7, 11) is 0. The van der Waals surface area contributed by atoms with Crippen LogP contribution in [0.2, 0.25) is 0 Å². The molecule has 0 spiro atoms. The van der Waals surface area contributed by atoms with Gasteiger partial charge in [-0.2, -0.15) is 0 Å². The van der Waals surface area contributed by atoms with Gasteiger partial charge in [-0.25, -0.2) is 0 Å². The van der Waals surface area contributed by atoms with E-state index in [-0.39, 0.29) is 36.8 Å². The van der Waals surface area contributed by atoms with Gasteiger partial charge in [0.05, 0.1) is 6.54 Å². The minimum absolute atomic E-state index is 0. The first kappa shape index (κ1) is 17.4. The number of amides is 2. The third-order valence-corrected chi connectivity index (χ3v) is 2.31. The van der Waals surface area contributed by atoms with Gasteiger partial charge in [0.2, 0.25) is 11.8 Å². The Kier molecular flexibility index (Phi) is 7.79. The van der Waals surface area contributed by atoms with Gasteiger partial charge in [-0.05, 0) is 19.4 Å². The van der Waals surface area contributed by atoms with E-state index < -0.39 is 6.04 Å². The van der Waals surface area contributed by atoms with Crippen molar-refractivity contribution in [1.82, 2.24) is 10.6 Å². The van der Waals surface area contributed by atoms with Crippen molar-refractivity contribution in [2.24, 2.45) is 5.73 Å². The fraction of sp³-hybridized carbons (Fsp3) is 0.385. The van der Waals surface area contributed by atoms with Crippen LogP contribution < -0.4 is 16.4 Å². The highest BCUT2D eigenvalue weighted by molar-refractivity contribution is 5.88. The molecule has 19 heavy (non-hydrogen) atoms. The summed E-state index contributed by atoms with van der Waals surface area (Å²) in [4.78, 5) is 23.1. The highest BCUT2D eigenvalue weighted by atomic mass is 35.5. The molecule has 0 radical (unpaired) electrons. The molecule has 106 valence electrons. The summed E-state index contributed by atoms with van der Waals surface area (Å²) in [5, 5.41) is 5.19. The number of carbonyl (C=O) groups is 2. The van der Waals surface area contributed by atoms with Crippen LogP contribution in [0.4, 0.5) is 0 Å². The molecule has 0 fully saturated rings. The molecule has 2 amide bonds. The van der Waals surface area contributed by atoms with E-state index in [1.54, 1.807) is 12.1 Å². The van der Waals surface area contributed by atoms with E-state index in [0.717, 1.165) is 5.56 Å². The van der Waals surface area contributed by atoms with Gasteiger partial charge in [0, 0.05) is 6.04 Å². The van der Waals surface area contributed by atoms with Gasteiger partial charge in [0.1, 0.15) is 6.04 Å². The third kappa shape index (κ3) is 6.22. The molecule has 5 nitrogen and oxygen atoms in total. The lowest BCUT2D eigenvalue weighted by Crippen LogP contribution is -2.42. The molecule has 1 unspecified atom stereocenters. The van der Waals surface area contributed by atoms with Crippen molar-refractivity contribution >= 4 is 24.2 Å². The van der Waals surface area contributed by atoms with Crippen LogP contribution in [0.15, 0.2) is 30.3 Å². The first-order chi connectivity index (χ1) is 8.50. The lowest BCUT2D eigenvalue weighted by molar-refractivity contribution is -0.127. The molecule has 0 heterocycles. The molecular formula is C13H20ClN3O2. The summed E-state index contributed by atoms with van der Waals surface area (Å²) in [6.07, 6.45) is 0. The van der Waals surface area contributed by atoms with Crippen molar-refractivity contribution in [3.05, 3.63) is 35.9 Å². The van der Waals surface area contributed by atoms with Crippen LogP contribution in [0.1, 0.15) is 25.5 Å². The molecule has 0 bridgehead atoms. The Morgan fingerprint density at radius 2 is 1.79 bits per heavy atom. The molecule has 1 aromatic carbocycles. The maximum Gasteiger partial charge on any atom is 0.241 e. The third-order valence-electron chi connectivity index (χ3n) is 2.31. The zero-order chi connectivity index (χ0) is 13.5. The predicted molar refractivity (Wildman–Crippen MR) is 76.9 cm³/mol. The fourth-order valence-corrected chi connectivity index (χ4v) is 1.46. The summed E-state index contributed by atoms with van der Waals surface area (Å²) < 4.78 is 0. The van der Waals surface area contributed by atoms with Crippen LogP contribution in [0.5, 0.6) is 0 Å². The van der Waals surface area contributed by atoms with Gasteiger partial charge in [0.25, 0.3) is 0 Å². The van der Waals surface area contributed by atoms with E-state index in [2.05, 4.69) is 10.6 Å². The van der Waals surface area contributed by atoms with Crippen molar-refractivity contribution in [3.8, 4) is 0 Å². The molecule has 0 aliphatic carbocycles. The Bertz CT molecular complexity index is 410. The van der Waals surface area contributed by atoms with E-state index in [4.69, 9.17) is 5.73 Å². The first-order valence-corrected chi connectivity index (χ1v) is 5.88. The number of rotatable bonds is 5. The second kappa shape index (κ2) is 8.50. The summed E-state index contributed by atoms with van der Waals surface area (Å²) in [5.41, 5.74) is 6.50. The van der Waals surface area contributed by atoms with Crippen molar-refractivity contribution in [2.45, 2.75) is 25.9 Å². The van der Waals surface area contributed by atoms with Gasteiger partial charge in [0.15, 0.2) is 0 Å². The molecule has 0 saturated heterocycles. The molecule has 0 saturated carbocycles. The highest BCUT2D eigenvalue weighted by Gasteiger charge is 2.15. The summed E-state index contributed by atoms with van der Waals surface area (Å²) in [5.74, 6) is -0.585.